The largest absolute Gasteiger partial charge is 0.494 e. The molecule has 0 spiro atoms. The first-order valence-electron chi connectivity index (χ1n) is 11.5. The average molecular weight is 476 g/mol. The number of fused-ring (bicyclic) bond motifs is 1. The summed E-state index contributed by atoms with van der Waals surface area (Å²) in [6.07, 6.45) is 1.51. The van der Waals surface area contributed by atoms with Crippen molar-refractivity contribution in [2.75, 3.05) is 23.5 Å². The van der Waals surface area contributed by atoms with Gasteiger partial charge in [-0.2, -0.15) is 0 Å². The molecular formula is C29H25N5O2. The highest BCUT2D eigenvalue weighted by Gasteiger charge is 2.11. The van der Waals surface area contributed by atoms with Crippen molar-refractivity contribution in [2.24, 2.45) is 0 Å². The Balaban J connectivity index is 1.27. The lowest BCUT2D eigenvalue weighted by Gasteiger charge is -2.12. The topological polar surface area (TPSA) is 102 Å². The molecule has 36 heavy (non-hydrogen) atoms. The number of hydrogen-bond donors (Lipinski definition) is 3. The Morgan fingerprint density at radius 1 is 0.889 bits per heavy atom. The number of hydrogen-bond acceptors (Lipinski definition) is 6. The molecule has 4 aromatic carbocycles. The molecule has 0 aliphatic carbocycles. The van der Waals surface area contributed by atoms with Gasteiger partial charge in [0.05, 0.1) is 18.5 Å². The highest BCUT2D eigenvalue weighted by molar-refractivity contribution is 6.06. The van der Waals surface area contributed by atoms with Crippen LogP contribution in [0.3, 0.4) is 0 Å². The van der Waals surface area contributed by atoms with Crippen LogP contribution in [0.5, 0.6) is 5.75 Å². The number of benzene rings is 4. The van der Waals surface area contributed by atoms with Crippen LogP contribution in [0, 0.1) is 0 Å². The van der Waals surface area contributed by atoms with E-state index in [-0.39, 0.29) is 5.91 Å². The standard InChI is InChI=1S/C29H25N5O2/c1-36-26-9-5-8-23-27(26)32-18-33-28(23)31-17-19-10-12-21(13-11-19)29(35)34-25-16-22(14-15-24(25)30)20-6-3-2-4-7-20/h2-16,18H,17,30H2,1H3,(H,34,35)(H,31,32,33). The first kappa shape index (κ1) is 22.9. The molecular weight excluding hydrogens is 450 g/mol. The number of rotatable bonds is 7. The molecule has 7 nitrogen and oxygen atoms in total. The fourth-order valence-electron chi connectivity index (χ4n) is 3.99. The van der Waals surface area contributed by atoms with Gasteiger partial charge in [-0.25, -0.2) is 9.97 Å². The van der Waals surface area contributed by atoms with Gasteiger partial charge in [0.1, 0.15) is 23.4 Å². The highest BCUT2D eigenvalue weighted by Crippen LogP contribution is 2.29. The molecule has 0 saturated carbocycles. The molecule has 1 aromatic heterocycles. The molecule has 0 unspecified atom stereocenters. The first-order valence-corrected chi connectivity index (χ1v) is 11.5. The Morgan fingerprint density at radius 3 is 2.47 bits per heavy atom. The van der Waals surface area contributed by atoms with Gasteiger partial charge in [-0.15, -0.1) is 0 Å². The molecule has 5 aromatic rings. The second kappa shape index (κ2) is 10.1. The zero-order valence-electron chi connectivity index (χ0n) is 19.7. The van der Waals surface area contributed by atoms with E-state index in [2.05, 4.69) is 20.6 Å². The number of nitrogens with zero attached hydrogens (tertiary/aromatic N) is 2. The van der Waals surface area contributed by atoms with Crippen molar-refractivity contribution in [3.63, 3.8) is 0 Å². The van der Waals surface area contributed by atoms with Gasteiger partial charge in [0.25, 0.3) is 5.91 Å². The number of carbonyl (C=O) groups excluding carboxylic acids is 1. The van der Waals surface area contributed by atoms with Crippen molar-refractivity contribution < 1.29 is 9.53 Å². The van der Waals surface area contributed by atoms with E-state index in [9.17, 15) is 4.79 Å². The third-order valence-corrected chi connectivity index (χ3v) is 5.93. The molecule has 0 radical (unpaired) electrons. The maximum absolute atomic E-state index is 12.9. The summed E-state index contributed by atoms with van der Waals surface area (Å²) < 4.78 is 5.40. The molecule has 1 heterocycles. The molecule has 178 valence electrons. The van der Waals surface area contributed by atoms with Crippen LogP contribution in [0.25, 0.3) is 22.0 Å². The first-order chi connectivity index (χ1) is 17.6. The normalized spacial score (nSPS) is 10.7. The zero-order valence-corrected chi connectivity index (χ0v) is 19.7. The molecule has 5 rings (SSSR count). The van der Waals surface area contributed by atoms with Gasteiger partial charge in [-0.3, -0.25) is 4.79 Å². The van der Waals surface area contributed by atoms with Crippen LogP contribution in [0.4, 0.5) is 17.2 Å². The quantitative estimate of drug-likeness (QED) is 0.259. The molecule has 0 saturated heterocycles. The Labute approximate surface area is 209 Å². The smallest absolute Gasteiger partial charge is 0.255 e. The summed E-state index contributed by atoms with van der Waals surface area (Å²) in [5.74, 6) is 1.19. The van der Waals surface area contributed by atoms with E-state index in [4.69, 9.17) is 10.5 Å². The average Bonchev–Trinajstić information content (AvgIpc) is 2.93. The molecule has 1 amide bonds. The lowest BCUT2D eigenvalue weighted by Crippen LogP contribution is -2.13. The predicted octanol–water partition coefficient (Wildman–Crippen LogP) is 5.75. The van der Waals surface area contributed by atoms with E-state index < -0.39 is 0 Å². The van der Waals surface area contributed by atoms with E-state index in [1.165, 1.54) is 6.33 Å². The van der Waals surface area contributed by atoms with Crippen molar-refractivity contribution in [1.29, 1.82) is 0 Å². The van der Waals surface area contributed by atoms with Crippen LogP contribution < -0.4 is 21.1 Å². The van der Waals surface area contributed by atoms with Gasteiger partial charge in [0, 0.05) is 17.5 Å². The van der Waals surface area contributed by atoms with E-state index >= 15 is 0 Å². The van der Waals surface area contributed by atoms with Crippen LogP contribution in [0.15, 0.2) is 97.3 Å². The minimum Gasteiger partial charge on any atom is -0.494 e. The van der Waals surface area contributed by atoms with Crippen molar-refractivity contribution in [3.8, 4) is 16.9 Å². The van der Waals surface area contributed by atoms with Crippen LogP contribution in [0.1, 0.15) is 15.9 Å². The number of methoxy groups -OCH3 is 1. The van der Waals surface area contributed by atoms with Crippen molar-refractivity contribution >= 4 is 34.0 Å². The molecule has 7 heteroatoms. The number of ether oxygens (including phenoxy) is 1. The maximum atomic E-state index is 12.9. The number of nitrogens with two attached hydrogens (primary N) is 1. The Hall–Kier alpha value is -4.91. The molecule has 0 fully saturated rings. The number of aromatic nitrogens is 2. The van der Waals surface area contributed by atoms with Crippen LogP contribution in [0.2, 0.25) is 0 Å². The van der Waals surface area contributed by atoms with E-state index in [0.717, 1.165) is 33.4 Å². The third kappa shape index (κ3) is 4.81. The summed E-state index contributed by atoms with van der Waals surface area (Å²) >= 11 is 0. The van der Waals surface area contributed by atoms with Gasteiger partial charge in [-0.1, -0.05) is 54.6 Å². The molecule has 4 N–H and O–H groups in total. The van der Waals surface area contributed by atoms with Gasteiger partial charge in [0.2, 0.25) is 0 Å². The minimum absolute atomic E-state index is 0.222. The number of amides is 1. The summed E-state index contributed by atoms with van der Waals surface area (Å²) in [6.45, 7) is 0.539. The Bertz CT molecular complexity index is 1520. The number of anilines is 3. The summed E-state index contributed by atoms with van der Waals surface area (Å²) in [5.41, 5.74) is 11.6. The van der Waals surface area contributed by atoms with Crippen LogP contribution in [-0.4, -0.2) is 23.0 Å². The molecule has 0 atom stereocenters. The SMILES string of the molecule is COc1cccc2c(NCc3ccc(C(=O)Nc4cc(-c5ccccc5)ccc4N)cc3)ncnc12. The summed E-state index contributed by atoms with van der Waals surface area (Å²) in [7, 11) is 1.62. The number of carbonyl (C=O) groups is 1. The lowest BCUT2D eigenvalue weighted by molar-refractivity contribution is 0.102. The third-order valence-electron chi connectivity index (χ3n) is 5.93. The zero-order chi connectivity index (χ0) is 24.9. The number of nitrogen functional groups attached to an aromatic ring is 1. The van der Waals surface area contributed by atoms with E-state index in [1.807, 2.05) is 72.8 Å². The predicted molar refractivity (Wildman–Crippen MR) is 144 cm³/mol. The number of para-hydroxylation sites is 1. The lowest BCUT2D eigenvalue weighted by atomic mass is 10.0. The van der Waals surface area contributed by atoms with E-state index in [1.54, 1.807) is 25.3 Å². The summed E-state index contributed by atoms with van der Waals surface area (Å²) in [6, 6.07) is 28.7. The van der Waals surface area contributed by atoms with Gasteiger partial charge in [-0.05, 0) is 53.1 Å². The number of nitrogens with one attached hydrogen (secondary N) is 2. The minimum atomic E-state index is -0.222. The monoisotopic (exact) mass is 475 g/mol. The van der Waals surface area contributed by atoms with Gasteiger partial charge in [0.15, 0.2) is 0 Å². The van der Waals surface area contributed by atoms with Crippen molar-refractivity contribution in [2.45, 2.75) is 6.54 Å². The summed E-state index contributed by atoms with van der Waals surface area (Å²) in [4.78, 5) is 21.6. The highest BCUT2D eigenvalue weighted by atomic mass is 16.5. The van der Waals surface area contributed by atoms with Crippen LogP contribution >= 0.6 is 0 Å². The van der Waals surface area contributed by atoms with Gasteiger partial charge >= 0.3 is 0 Å². The van der Waals surface area contributed by atoms with Crippen LogP contribution in [-0.2, 0) is 6.54 Å². The van der Waals surface area contributed by atoms with Crippen molar-refractivity contribution in [3.05, 3.63) is 108 Å². The molecule has 0 aliphatic rings. The summed E-state index contributed by atoms with van der Waals surface area (Å²) in [5, 5.41) is 7.16. The second-order valence-electron chi connectivity index (χ2n) is 8.25. The molecule has 0 bridgehead atoms. The Kier molecular flexibility index (Phi) is 6.44. The van der Waals surface area contributed by atoms with Gasteiger partial charge < -0.3 is 21.1 Å². The van der Waals surface area contributed by atoms with Crippen molar-refractivity contribution in [1.82, 2.24) is 9.97 Å². The second-order valence-corrected chi connectivity index (χ2v) is 8.25. The van der Waals surface area contributed by atoms with E-state index in [0.29, 0.717) is 29.2 Å². The molecule has 0 aliphatic heterocycles. The maximum Gasteiger partial charge on any atom is 0.255 e. The Morgan fingerprint density at radius 2 is 1.69 bits per heavy atom. The fourth-order valence-corrected chi connectivity index (χ4v) is 3.99. The fraction of sp³-hybridized carbons (Fsp3) is 0.0690.